The van der Waals surface area contributed by atoms with Gasteiger partial charge in [-0.25, -0.2) is 8.42 Å². The van der Waals surface area contributed by atoms with Crippen molar-refractivity contribution < 1.29 is 13.2 Å². The smallest absolute Gasteiger partial charge is 0.246 e. The molecule has 2 aromatic rings. The minimum atomic E-state index is -3.59. The predicted octanol–water partition coefficient (Wildman–Crippen LogP) is 1.06. The van der Waals surface area contributed by atoms with Gasteiger partial charge in [0, 0.05) is 40.3 Å². The summed E-state index contributed by atoms with van der Waals surface area (Å²) in [4.78, 5) is 4.13. The molecule has 0 atom stereocenters. The topological polar surface area (TPSA) is 78.9 Å². The zero-order valence-corrected chi connectivity index (χ0v) is 16.0. The summed E-state index contributed by atoms with van der Waals surface area (Å²) in [6.07, 6.45) is 0. The number of para-hydroxylation sites is 1. The molecule has 0 amide bonds. The molecule has 0 saturated carbocycles. The second-order valence-electron chi connectivity index (χ2n) is 6.19. The molecule has 2 heterocycles. The Morgan fingerprint density at radius 3 is 2.27 bits per heavy atom. The maximum Gasteiger partial charge on any atom is 0.246 e. The first-order valence-corrected chi connectivity index (χ1v) is 9.76. The number of methoxy groups -OCH3 is 1. The van der Waals surface area contributed by atoms with Gasteiger partial charge in [-0.05, 0) is 24.3 Å². The van der Waals surface area contributed by atoms with Crippen molar-refractivity contribution in [2.45, 2.75) is 4.90 Å². The lowest BCUT2D eigenvalue weighted by molar-refractivity contribution is 0.373. The largest absolute Gasteiger partial charge is 0.495 e. The fraction of sp³-hybridized carbons (Fsp3) is 0.412. The van der Waals surface area contributed by atoms with E-state index in [4.69, 9.17) is 4.74 Å². The molecule has 1 aliphatic heterocycles. The Morgan fingerprint density at radius 2 is 1.69 bits per heavy atom. The highest BCUT2D eigenvalue weighted by atomic mass is 32.2. The van der Waals surface area contributed by atoms with Gasteiger partial charge in [-0.3, -0.25) is 0 Å². The van der Waals surface area contributed by atoms with Crippen molar-refractivity contribution in [1.82, 2.24) is 14.5 Å². The normalized spacial score (nSPS) is 15.7. The molecule has 26 heavy (non-hydrogen) atoms. The Labute approximate surface area is 154 Å². The van der Waals surface area contributed by atoms with Gasteiger partial charge in [0.15, 0.2) is 11.6 Å². The van der Waals surface area contributed by atoms with Crippen molar-refractivity contribution in [3.63, 3.8) is 0 Å². The van der Waals surface area contributed by atoms with E-state index in [1.165, 1.54) is 11.4 Å². The van der Waals surface area contributed by atoms with Crippen LogP contribution < -0.4 is 14.5 Å². The molecule has 9 heteroatoms. The molecular weight excluding hydrogens is 354 g/mol. The summed E-state index contributed by atoms with van der Waals surface area (Å²) >= 11 is 0. The van der Waals surface area contributed by atoms with E-state index in [9.17, 15) is 8.42 Å². The van der Waals surface area contributed by atoms with Crippen molar-refractivity contribution in [3.8, 4) is 5.75 Å². The molecule has 8 nitrogen and oxygen atoms in total. The van der Waals surface area contributed by atoms with Crippen LogP contribution in [0.3, 0.4) is 0 Å². The molecule has 0 spiro atoms. The van der Waals surface area contributed by atoms with Crippen LogP contribution in [-0.4, -0.2) is 70.3 Å². The van der Waals surface area contributed by atoms with E-state index in [0.717, 1.165) is 11.6 Å². The lowest BCUT2D eigenvalue weighted by Crippen LogP contribution is -2.49. The number of hydrogen-bond acceptors (Lipinski definition) is 7. The lowest BCUT2D eigenvalue weighted by Gasteiger charge is -2.34. The second-order valence-corrected chi connectivity index (χ2v) is 8.09. The van der Waals surface area contributed by atoms with Crippen molar-refractivity contribution in [2.75, 3.05) is 57.2 Å². The summed E-state index contributed by atoms with van der Waals surface area (Å²) in [6.45, 7) is 1.89. The first kappa shape index (κ1) is 18.4. The van der Waals surface area contributed by atoms with Crippen LogP contribution in [0.25, 0.3) is 0 Å². The van der Waals surface area contributed by atoms with Gasteiger partial charge in [0.2, 0.25) is 10.0 Å². The molecule has 1 aromatic heterocycles. The molecule has 1 fully saturated rings. The number of benzene rings is 1. The highest BCUT2D eigenvalue weighted by molar-refractivity contribution is 7.89. The Morgan fingerprint density at radius 1 is 1.00 bits per heavy atom. The van der Waals surface area contributed by atoms with Crippen LogP contribution in [0.5, 0.6) is 5.75 Å². The molecule has 0 N–H and O–H groups in total. The Hall–Kier alpha value is -2.39. The van der Waals surface area contributed by atoms with Gasteiger partial charge in [-0.15, -0.1) is 10.2 Å². The third kappa shape index (κ3) is 3.58. The Bertz CT molecular complexity index is 847. The fourth-order valence-corrected chi connectivity index (χ4v) is 4.43. The van der Waals surface area contributed by atoms with Crippen LogP contribution in [0, 0.1) is 0 Å². The highest BCUT2D eigenvalue weighted by Crippen LogP contribution is 2.27. The van der Waals surface area contributed by atoms with E-state index in [1.54, 1.807) is 24.3 Å². The second kappa shape index (κ2) is 7.46. The van der Waals surface area contributed by atoms with Crippen LogP contribution in [0.2, 0.25) is 0 Å². The number of nitrogens with zero attached hydrogens (tertiary/aromatic N) is 5. The van der Waals surface area contributed by atoms with Crippen LogP contribution in [0.1, 0.15) is 0 Å². The third-order valence-corrected chi connectivity index (χ3v) is 6.28. The molecule has 1 aliphatic rings. The molecular formula is C17H23N5O3S. The van der Waals surface area contributed by atoms with Crippen molar-refractivity contribution in [2.24, 2.45) is 0 Å². The molecule has 140 valence electrons. The van der Waals surface area contributed by atoms with Crippen LogP contribution >= 0.6 is 0 Å². The third-order valence-electron chi connectivity index (χ3n) is 4.34. The standard InChI is InChI=1S/C17H23N5O3S/c1-20(2)16-8-9-17(19-18-16)21-10-12-22(13-11-21)26(23,24)15-7-5-4-6-14(15)25-3/h4-9H,10-13H2,1-3H3. The van der Waals surface area contributed by atoms with Gasteiger partial charge >= 0.3 is 0 Å². The Balaban J connectivity index is 1.71. The maximum atomic E-state index is 12.9. The Kier molecular flexibility index (Phi) is 5.28. The van der Waals surface area contributed by atoms with E-state index < -0.39 is 10.0 Å². The molecule has 1 aromatic carbocycles. The number of sulfonamides is 1. The summed E-state index contributed by atoms with van der Waals surface area (Å²) in [7, 11) is 1.70. The average Bonchev–Trinajstić information content (AvgIpc) is 2.68. The molecule has 0 radical (unpaired) electrons. The zero-order chi connectivity index (χ0) is 18.7. The highest BCUT2D eigenvalue weighted by Gasteiger charge is 2.31. The molecule has 0 bridgehead atoms. The first-order chi connectivity index (χ1) is 12.4. The summed E-state index contributed by atoms with van der Waals surface area (Å²) in [6, 6.07) is 10.5. The van der Waals surface area contributed by atoms with Crippen LogP contribution in [0.4, 0.5) is 11.6 Å². The summed E-state index contributed by atoms with van der Waals surface area (Å²) in [5.74, 6) is 1.90. The lowest BCUT2D eigenvalue weighted by atomic mass is 10.3. The first-order valence-electron chi connectivity index (χ1n) is 8.32. The monoisotopic (exact) mass is 377 g/mol. The number of rotatable bonds is 5. The SMILES string of the molecule is COc1ccccc1S(=O)(=O)N1CCN(c2ccc(N(C)C)nn2)CC1. The van der Waals surface area contributed by atoms with Crippen molar-refractivity contribution in [3.05, 3.63) is 36.4 Å². The number of aromatic nitrogens is 2. The van der Waals surface area contributed by atoms with E-state index in [2.05, 4.69) is 10.2 Å². The molecule has 3 rings (SSSR count). The number of piperazine rings is 1. The predicted molar refractivity (Wildman–Crippen MR) is 100 cm³/mol. The van der Waals surface area contributed by atoms with Crippen molar-refractivity contribution in [1.29, 1.82) is 0 Å². The minimum absolute atomic E-state index is 0.200. The van der Waals surface area contributed by atoms with Crippen LogP contribution in [0.15, 0.2) is 41.3 Å². The summed E-state index contributed by atoms with van der Waals surface area (Å²) in [5.41, 5.74) is 0. The number of ether oxygens (including phenoxy) is 1. The molecule has 1 saturated heterocycles. The van der Waals surface area contributed by atoms with Gasteiger partial charge in [-0.1, -0.05) is 12.1 Å². The quantitative estimate of drug-likeness (QED) is 0.771. The molecule has 0 aliphatic carbocycles. The van der Waals surface area contributed by atoms with Crippen LogP contribution in [-0.2, 0) is 10.0 Å². The fourth-order valence-electron chi connectivity index (χ4n) is 2.85. The zero-order valence-electron chi connectivity index (χ0n) is 15.2. The van der Waals surface area contributed by atoms with E-state index in [1.807, 2.05) is 36.0 Å². The van der Waals surface area contributed by atoms with Gasteiger partial charge in [-0.2, -0.15) is 4.31 Å². The summed E-state index contributed by atoms with van der Waals surface area (Å²) < 4.78 is 32.5. The summed E-state index contributed by atoms with van der Waals surface area (Å²) in [5, 5.41) is 8.42. The van der Waals surface area contributed by atoms with Gasteiger partial charge < -0.3 is 14.5 Å². The van der Waals surface area contributed by atoms with E-state index >= 15 is 0 Å². The number of hydrogen-bond donors (Lipinski definition) is 0. The van der Waals surface area contributed by atoms with E-state index in [0.29, 0.717) is 31.9 Å². The van der Waals surface area contributed by atoms with Gasteiger partial charge in [0.1, 0.15) is 10.6 Å². The minimum Gasteiger partial charge on any atom is -0.495 e. The average molecular weight is 377 g/mol. The van der Waals surface area contributed by atoms with Gasteiger partial charge in [0.05, 0.1) is 7.11 Å². The number of anilines is 2. The van der Waals surface area contributed by atoms with Crippen molar-refractivity contribution >= 4 is 21.7 Å². The molecule has 0 unspecified atom stereocenters. The maximum absolute atomic E-state index is 12.9. The van der Waals surface area contributed by atoms with E-state index in [-0.39, 0.29) is 4.90 Å². The van der Waals surface area contributed by atoms with Gasteiger partial charge in [0.25, 0.3) is 0 Å².